The highest BCUT2D eigenvalue weighted by Crippen LogP contribution is 2.26. The third-order valence-electron chi connectivity index (χ3n) is 2.29. The summed E-state index contributed by atoms with van der Waals surface area (Å²) < 4.78 is 29.0. The fourth-order valence-corrected chi connectivity index (χ4v) is 2.68. The van der Waals surface area contributed by atoms with E-state index in [1.54, 1.807) is 24.3 Å². The van der Waals surface area contributed by atoms with E-state index in [0.717, 1.165) is 10.6 Å². The van der Waals surface area contributed by atoms with Gasteiger partial charge in [-0.25, -0.2) is 13.2 Å². The normalized spacial score (nSPS) is 10.9. The van der Waals surface area contributed by atoms with Crippen LogP contribution < -0.4 is 9.62 Å². The first-order valence-electron chi connectivity index (χ1n) is 5.40. The van der Waals surface area contributed by atoms with Crippen molar-refractivity contribution >= 4 is 33.4 Å². The third-order valence-corrected chi connectivity index (χ3v) is 3.79. The number of amides is 1. The number of methoxy groups -OCH3 is 1. The lowest BCUT2D eigenvalue weighted by atomic mass is 10.3. The molecule has 19 heavy (non-hydrogen) atoms. The molecule has 0 unspecified atom stereocenters. The van der Waals surface area contributed by atoms with Crippen molar-refractivity contribution in [2.75, 3.05) is 30.8 Å². The van der Waals surface area contributed by atoms with Crippen molar-refractivity contribution in [3.8, 4) is 0 Å². The molecule has 1 rings (SSSR count). The number of hydrogen-bond acceptors (Lipinski definition) is 4. The summed E-state index contributed by atoms with van der Waals surface area (Å²) in [6.45, 7) is 0.183. The quantitative estimate of drug-likeness (QED) is 0.893. The number of nitrogens with zero attached hydrogens (tertiary/aromatic N) is 1. The van der Waals surface area contributed by atoms with Crippen molar-refractivity contribution in [3.05, 3.63) is 29.3 Å². The summed E-state index contributed by atoms with van der Waals surface area (Å²) in [5, 5.41) is 2.74. The maximum atomic E-state index is 11.8. The number of sulfonamides is 1. The second kappa shape index (κ2) is 6.63. The minimum atomic E-state index is -3.49. The lowest BCUT2D eigenvalue weighted by Gasteiger charge is -2.23. The molecule has 0 aliphatic carbocycles. The second-order valence-electron chi connectivity index (χ2n) is 3.70. The Labute approximate surface area is 117 Å². The molecule has 0 aliphatic heterocycles. The van der Waals surface area contributed by atoms with Gasteiger partial charge in [0.2, 0.25) is 10.0 Å². The molecule has 1 aromatic carbocycles. The van der Waals surface area contributed by atoms with E-state index in [1.165, 1.54) is 7.11 Å². The van der Waals surface area contributed by atoms with Gasteiger partial charge in [0.25, 0.3) is 0 Å². The number of carbonyl (C=O) groups is 1. The van der Waals surface area contributed by atoms with Crippen LogP contribution in [0.15, 0.2) is 24.3 Å². The zero-order valence-electron chi connectivity index (χ0n) is 10.6. The van der Waals surface area contributed by atoms with Gasteiger partial charge < -0.3 is 10.1 Å². The van der Waals surface area contributed by atoms with Gasteiger partial charge in [-0.3, -0.25) is 4.31 Å². The summed E-state index contributed by atoms with van der Waals surface area (Å²) in [5.41, 5.74) is 0.373. The number of nitrogens with one attached hydrogen (secondary N) is 1. The molecule has 6 nitrogen and oxygen atoms in total. The topological polar surface area (TPSA) is 75.7 Å². The van der Waals surface area contributed by atoms with Gasteiger partial charge in [0, 0.05) is 6.54 Å². The Kier molecular flexibility index (Phi) is 5.44. The van der Waals surface area contributed by atoms with Crippen molar-refractivity contribution in [3.63, 3.8) is 0 Å². The fourth-order valence-electron chi connectivity index (χ4n) is 1.45. The van der Waals surface area contributed by atoms with Gasteiger partial charge in [0.05, 0.1) is 30.6 Å². The van der Waals surface area contributed by atoms with Gasteiger partial charge >= 0.3 is 6.09 Å². The van der Waals surface area contributed by atoms with Crippen LogP contribution in [0.5, 0.6) is 0 Å². The first-order valence-corrected chi connectivity index (χ1v) is 7.63. The van der Waals surface area contributed by atoms with E-state index in [2.05, 4.69) is 10.1 Å². The number of hydrogen-bond donors (Lipinski definition) is 1. The first-order chi connectivity index (χ1) is 8.86. The van der Waals surface area contributed by atoms with Crippen molar-refractivity contribution in [2.24, 2.45) is 0 Å². The third kappa shape index (κ3) is 4.60. The molecule has 0 saturated heterocycles. The number of ether oxygens (including phenoxy) is 1. The van der Waals surface area contributed by atoms with Crippen LogP contribution in [-0.2, 0) is 14.8 Å². The van der Waals surface area contributed by atoms with Crippen LogP contribution in [0.3, 0.4) is 0 Å². The molecule has 0 heterocycles. The minimum Gasteiger partial charge on any atom is -0.453 e. The van der Waals surface area contributed by atoms with Crippen LogP contribution in [-0.4, -0.2) is 41.0 Å². The molecular formula is C11H15ClN2O4S. The second-order valence-corrected chi connectivity index (χ2v) is 6.02. The number of halogens is 1. The van der Waals surface area contributed by atoms with E-state index in [-0.39, 0.29) is 13.1 Å². The summed E-state index contributed by atoms with van der Waals surface area (Å²) in [5.74, 6) is 0. The van der Waals surface area contributed by atoms with Crippen molar-refractivity contribution in [1.29, 1.82) is 0 Å². The van der Waals surface area contributed by atoms with Crippen molar-refractivity contribution < 1.29 is 17.9 Å². The molecule has 0 aromatic heterocycles. The number of alkyl carbamates (subject to hydrolysis) is 1. The molecule has 8 heteroatoms. The van der Waals surface area contributed by atoms with Crippen LogP contribution in [0.1, 0.15) is 0 Å². The Hall–Kier alpha value is -1.47. The van der Waals surface area contributed by atoms with E-state index in [1.807, 2.05) is 0 Å². The number of benzene rings is 1. The summed E-state index contributed by atoms with van der Waals surface area (Å²) in [6.07, 6.45) is 0.460. The summed E-state index contributed by atoms with van der Waals surface area (Å²) in [4.78, 5) is 10.9. The summed E-state index contributed by atoms with van der Waals surface area (Å²) in [7, 11) is -2.25. The van der Waals surface area contributed by atoms with Gasteiger partial charge in [-0.2, -0.15) is 0 Å². The van der Waals surface area contributed by atoms with Gasteiger partial charge in [-0.05, 0) is 12.1 Å². The molecule has 1 aromatic rings. The molecular weight excluding hydrogens is 292 g/mol. The Balaban J connectivity index is 2.86. The molecule has 0 atom stereocenters. The van der Waals surface area contributed by atoms with E-state index in [9.17, 15) is 13.2 Å². The van der Waals surface area contributed by atoms with Crippen molar-refractivity contribution in [2.45, 2.75) is 0 Å². The Morgan fingerprint density at radius 3 is 2.58 bits per heavy atom. The monoisotopic (exact) mass is 306 g/mol. The standard InChI is InChI=1S/C11H15ClN2O4S/c1-18-11(15)13-7-8-14(19(2,16)17)10-6-4-3-5-9(10)12/h3-6H,7-8H2,1-2H3,(H,13,15). The SMILES string of the molecule is COC(=O)NCCN(c1ccccc1Cl)S(C)(=O)=O. The average molecular weight is 307 g/mol. The molecule has 1 amide bonds. The number of anilines is 1. The molecule has 0 fully saturated rings. The highest BCUT2D eigenvalue weighted by Gasteiger charge is 2.19. The molecule has 0 bridgehead atoms. The predicted molar refractivity (Wildman–Crippen MR) is 74.0 cm³/mol. The average Bonchev–Trinajstić information content (AvgIpc) is 2.34. The van der Waals surface area contributed by atoms with E-state index in [4.69, 9.17) is 11.6 Å². The Morgan fingerprint density at radius 1 is 1.42 bits per heavy atom. The minimum absolute atomic E-state index is 0.0671. The van der Waals surface area contributed by atoms with E-state index in [0.29, 0.717) is 10.7 Å². The molecule has 0 saturated carbocycles. The van der Waals surface area contributed by atoms with Gasteiger partial charge in [-0.1, -0.05) is 23.7 Å². The highest BCUT2D eigenvalue weighted by atomic mass is 35.5. The molecule has 106 valence electrons. The molecule has 0 aliphatic rings. The molecule has 0 radical (unpaired) electrons. The smallest absolute Gasteiger partial charge is 0.406 e. The first kappa shape index (κ1) is 15.6. The lowest BCUT2D eigenvalue weighted by Crippen LogP contribution is -2.38. The van der Waals surface area contributed by atoms with Crippen LogP contribution in [0, 0.1) is 0 Å². The maximum absolute atomic E-state index is 11.8. The zero-order valence-corrected chi connectivity index (χ0v) is 12.2. The summed E-state index contributed by atoms with van der Waals surface area (Å²) in [6, 6.07) is 6.59. The fraction of sp³-hybridized carbons (Fsp3) is 0.364. The Bertz CT molecular complexity index is 547. The highest BCUT2D eigenvalue weighted by molar-refractivity contribution is 7.92. The van der Waals surface area contributed by atoms with Gasteiger partial charge in [0.15, 0.2) is 0 Å². The van der Waals surface area contributed by atoms with Crippen LogP contribution >= 0.6 is 11.6 Å². The van der Waals surface area contributed by atoms with Crippen LogP contribution in [0.2, 0.25) is 5.02 Å². The summed E-state index contributed by atoms with van der Waals surface area (Å²) >= 11 is 5.98. The molecule has 1 N–H and O–H groups in total. The molecule has 0 spiro atoms. The lowest BCUT2D eigenvalue weighted by molar-refractivity contribution is 0.171. The van der Waals surface area contributed by atoms with E-state index >= 15 is 0 Å². The van der Waals surface area contributed by atoms with Crippen LogP contribution in [0.4, 0.5) is 10.5 Å². The number of rotatable bonds is 5. The van der Waals surface area contributed by atoms with Crippen LogP contribution in [0.25, 0.3) is 0 Å². The predicted octanol–water partition coefficient (Wildman–Crippen LogP) is 1.46. The Morgan fingerprint density at radius 2 is 2.05 bits per heavy atom. The van der Waals surface area contributed by atoms with E-state index < -0.39 is 16.1 Å². The zero-order chi connectivity index (χ0) is 14.5. The number of para-hydroxylation sites is 1. The van der Waals surface area contributed by atoms with Gasteiger partial charge in [-0.15, -0.1) is 0 Å². The largest absolute Gasteiger partial charge is 0.453 e. The maximum Gasteiger partial charge on any atom is 0.406 e. The van der Waals surface area contributed by atoms with Crippen molar-refractivity contribution in [1.82, 2.24) is 5.32 Å². The van der Waals surface area contributed by atoms with Gasteiger partial charge in [0.1, 0.15) is 0 Å². The number of carbonyl (C=O) groups excluding carboxylic acids is 1.